The van der Waals surface area contributed by atoms with E-state index in [1.54, 1.807) is 0 Å². The molecule has 0 bridgehead atoms. The standard InChI is InChI=1S/C8H12N2O4/c1-4(8(13)14)9-5-2-3-6(11)10-7(5)12/h4-5,9H,2-3H2,1H3,(H,13,14)(H,10,11,12). The minimum absolute atomic E-state index is 0.246. The van der Waals surface area contributed by atoms with Crippen LogP contribution in [0.4, 0.5) is 0 Å². The number of hydrogen-bond donors (Lipinski definition) is 3. The van der Waals surface area contributed by atoms with E-state index in [9.17, 15) is 14.4 Å². The van der Waals surface area contributed by atoms with E-state index in [-0.39, 0.29) is 12.3 Å². The smallest absolute Gasteiger partial charge is 0.320 e. The molecule has 6 heteroatoms. The average molecular weight is 200 g/mol. The van der Waals surface area contributed by atoms with Crippen LogP contribution in [0.5, 0.6) is 0 Å². The Kier molecular flexibility index (Phi) is 3.19. The number of carbonyl (C=O) groups excluding carboxylic acids is 2. The zero-order chi connectivity index (χ0) is 10.7. The summed E-state index contributed by atoms with van der Waals surface area (Å²) in [7, 11) is 0. The Labute approximate surface area is 80.7 Å². The summed E-state index contributed by atoms with van der Waals surface area (Å²) in [5.41, 5.74) is 0. The highest BCUT2D eigenvalue weighted by molar-refractivity contribution is 6.00. The summed E-state index contributed by atoms with van der Waals surface area (Å²) in [6.07, 6.45) is 0.595. The predicted molar refractivity (Wildman–Crippen MR) is 46.4 cm³/mol. The number of nitrogens with one attached hydrogen (secondary N) is 2. The van der Waals surface area contributed by atoms with Crippen molar-refractivity contribution in [1.29, 1.82) is 0 Å². The Balaban J connectivity index is 2.49. The predicted octanol–water partition coefficient (Wildman–Crippen LogP) is -1.15. The molecule has 1 fully saturated rings. The molecule has 1 rings (SSSR count). The Hall–Kier alpha value is -1.43. The van der Waals surface area contributed by atoms with E-state index in [0.717, 1.165) is 0 Å². The molecule has 1 heterocycles. The fourth-order valence-corrected chi connectivity index (χ4v) is 1.23. The van der Waals surface area contributed by atoms with Gasteiger partial charge in [0, 0.05) is 6.42 Å². The summed E-state index contributed by atoms with van der Waals surface area (Å²) >= 11 is 0. The molecular weight excluding hydrogens is 188 g/mol. The molecule has 78 valence electrons. The summed E-state index contributed by atoms with van der Waals surface area (Å²) in [4.78, 5) is 32.4. The van der Waals surface area contributed by atoms with Gasteiger partial charge in [-0.3, -0.25) is 25.0 Å². The van der Waals surface area contributed by atoms with Crippen molar-refractivity contribution in [2.75, 3.05) is 0 Å². The average Bonchev–Trinajstić information content (AvgIpc) is 2.09. The summed E-state index contributed by atoms with van der Waals surface area (Å²) in [6, 6.07) is -1.38. The zero-order valence-electron chi connectivity index (χ0n) is 7.74. The van der Waals surface area contributed by atoms with Gasteiger partial charge in [0.1, 0.15) is 6.04 Å². The quantitative estimate of drug-likeness (QED) is 0.500. The molecule has 0 aliphatic carbocycles. The van der Waals surface area contributed by atoms with Crippen LogP contribution in [0.15, 0.2) is 0 Å². The second-order valence-electron chi connectivity index (χ2n) is 3.23. The molecule has 1 saturated heterocycles. The monoisotopic (exact) mass is 200 g/mol. The number of carbonyl (C=O) groups is 3. The van der Waals surface area contributed by atoms with Crippen LogP contribution in [0, 0.1) is 0 Å². The molecule has 1 aliphatic rings. The fraction of sp³-hybridized carbons (Fsp3) is 0.625. The Morgan fingerprint density at radius 2 is 2.29 bits per heavy atom. The van der Waals surface area contributed by atoms with Crippen molar-refractivity contribution in [3.05, 3.63) is 0 Å². The molecule has 0 aromatic rings. The van der Waals surface area contributed by atoms with Gasteiger partial charge in [-0.15, -0.1) is 0 Å². The van der Waals surface area contributed by atoms with E-state index < -0.39 is 24.0 Å². The number of hydrogen-bond acceptors (Lipinski definition) is 4. The van der Waals surface area contributed by atoms with Gasteiger partial charge in [0.05, 0.1) is 6.04 Å². The Bertz CT molecular complexity index is 277. The van der Waals surface area contributed by atoms with E-state index >= 15 is 0 Å². The van der Waals surface area contributed by atoms with E-state index in [4.69, 9.17) is 5.11 Å². The first-order valence-electron chi connectivity index (χ1n) is 4.33. The largest absolute Gasteiger partial charge is 0.480 e. The number of carboxylic acid groups (broad SMARTS) is 1. The molecule has 6 nitrogen and oxygen atoms in total. The minimum atomic E-state index is -1.02. The van der Waals surface area contributed by atoms with Crippen molar-refractivity contribution in [2.45, 2.75) is 31.8 Å². The molecular formula is C8H12N2O4. The number of carboxylic acids is 1. The van der Waals surface area contributed by atoms with Crippen LogP contribution >= 0.6 is 0 Å². The molecule has 0 aromatic heterocycles. The first-order chi connectivity index (χ1) is 6.50. The topological polar surface area (TPSA) is 95.5 Å². The fourth-order valence-electron chi connectivity index (χ4n) is 1.23. The highest BCUT2D eigenvalue weighted by atomic mass is 16.4. The molecule has 0 radical (unpaired) electrons. The normalized spacial score (nSPS) is 24.2. The molecule has 2 atom stereocenters. The lowest BCUT2D eigenvalue weighted by atomic mass is 10.1. The maximum atomic E-state index is 11.2. The molecule has 0 spiro atoms. The van der Waals surface area contributed by atoms with Crippen LogP contribution in [-0.4, -0.2) is 35.0 Å². The number of amides is 2. The van der Waals surface area contributed by atoms with Crippen LogP contribution < -0.4 is 10.6 Å². The van der Waals surface area contributed by atoms with Crippen LogP contribution in [0.3, 0.4) is 0 Å². The van der Waals surface area contributed by atoms with Gasteiger partial charge < -0.3 is 5.11 Å². The first kappa shape index (κ1) is 10.6. The second kappa shape index (κ2) is 4.19. The summed E-state index contributed by atoms with van der Waals surface area (Å²) in [5.74, 6) is -1.78. The highest BCUT2D eigenvalue weighted by Gasteiger charge is 2.28. The van der Waals surface area contributed by atoms with Crippen molar-refractivity contribution in [1.82, 2.24) is 10.6 Å². The summed E-state index contributed by atoms with van der Waals surface area (Å²) in [6.45, 7) is 1.45. The second-order valence-corrected chi connectivity index (χ2v) is 3.23. The lowest BCUT2D eigenvalue weighted by Crippen LogP contribution is -2.54. The molecule has 14 heavy (non-hydrogen) atoms. The van der Waals surface area contributed by atoms with E-state index in [0.29, 0.717) is 6.42 Å². The van der Waals surface area contributed by atoms with E-state index in [2.05, 4.69) is 10.6 Å². The van der Waals surface area contributed by atoms with Crippen molar-refractivity contribution >= 4 is 17.8 Å². The number of piperidine rings is 1. The maximum Gasteiger partial charge on any atom is 0.320 e. The van der Waals surface area contributed by atoms with Gasteiger partial charge in [0.2, 0.25) is 11.8 Å². The van der Waals surface area contributed by atoms with Gasteiger partial charge >= 0.3 is 5.97 Å². The van der Waals surface area contributed by atoms with E-state index in [1.165, 1.54) is 6.92 Å². The summed E-state index contributed by atoms with van der Waals surface area (Å²) in [5, 5.41) is 13.4. The van der Waals surface area contributed by atoms with Gasteiger partial charge in [-0.1, -0.05) is 0 Å². The van der Waals surface area contributed by atoms with Gasteiger partial charge in [0.25, 0.3) is 0 Å². The van der Waals surface area contributed by atoms with Crippen LogP contribution in [0.1, 0.15) is 19.8 Å². The first-order valence-corrected chi connectivity index (χ1v) is 4.33. The van der Waals surface area contributed by atoms with Gasteiger partial charge in [-0.05, 0) is 13.3 Å². The van der Waals surface area contributed by atoms with Gasteiger partial charge in [0.15, 0.2) is 0 Å². The number of aliphatic carboxylic acids is 1. The number of imide groups is 1. The third-order valence-corrected chi connectivity index (χ3v) is 2.06. The van der Waals surface area contributed by atoms with E-state index in [1.807, 2.05) is 0 Å². The lowest BCUT2D eigenvalue weighted by molar-refractivity contribution is -0.139. The molecule has 3 N–H and O–H groups in total. The van der Waals surface area contributed by atoms with Crippen molar-refractivity contribution < 1.29 is 19.5 Å². The van der Waals surface area contributed by atoms with Crippen molar-refractivity contribution in [3.8, 4) is 0 Å². The zero-order valence-corrected chi connectivity index (χ0v) is 7.74. The van der Waals surface area contributed by atoms with Crippen LogP contribution in [-0.2, 0) is 14.4 Å². The van der Waals surface area contributed by atoms with Crippen LogP contribution in [0.25, 0.3) is 0 Å². The summed E-state index contributed by atoms with van der Waals surface area (Å²) < 4.78 is 0. The maximum absolute atomic E-state index is 11.2. The molecule has 1 aliphatic heterocycles. The number of rotatable bonds is 3. The third kappa shape index (κ3) is 2.53. The van der Waals surface area contributed by atoms with Gasteiger partial charge in [-0.2, -0.15) is 0 Å². The Morgan fingerprint density at radius 3 is 2.79 bits per heavy atom. The third-order valence-electron chi connectivity index (χ3n) is 2.06. The van der Waals surface area contributed by atoms with Crippen LogP contribution in [0.2, 0.25) is 0 Å². The van der Waals surface area contributed by atoms with Crippen molar-refractivity contribution in [3.63, 3.8) is 0 Å². The lowest BCUT2D eigenvalue weighted by Gasteiger charge is -2.23. The molecule has 2 amide bonds. The molecule has 0 aromatic carbocycles. The minimum Gasteiger partial charge on any atom is -0.480 e. The Morgan fingerprint density at radius 1 is 1.64 bits per heavy atom. The highest BCUT2D eigenvalue weighted by Crippen LogP contribution is 2.05. The molecule has 0 saturated carbocycles. The SMILES string of the molecule is CC(NC1CCC(=O)NC1=O)C(=O)O. The van der Waals surface area contributed by atoms with Gasteiger partial charge in [-0.25, -0.2) is 0 Å². The van der Waals surface area contributed by atoms with Crippen molar-refractivity contribution in [2.24, 2.45) is 0 Å². The molecule has 2 unspecified atom stereocenters.